The first kappa shape index (κ1) is 14.9. The van der Waals surface area contributed by atoms with Gasteiger partial charge in [0, 0.05) is 12.1 Å². The Morgan fingerprint density at radius 3 is 2.62 bits per heavy atom. The van der Waals surface area contributed by atoms with Crippen LogP contribution in [0.5, 0.6) is 0 Å². The number of halogens is 1. The van der Waals surface area contributed by atoms with Gasteiger partial charge in [0.05, 0.1) is 11.0 Å². The van der Waals surface area contributed by atoms with Crippen LogP contribution < -0.4 is 0 Å². The molecule has 0 unspecified atom stereocenters. The van der Waals surface area contributed by atoms with E-state index in [1.165, 1.54) is 4.90 Å². The number of nitro benzene ring substituents is 1. The van der Waals surface area contributed by atoms with E-state index in [0.29, 0.717) is 0 Å². The summed E-state index contributed by atoms with van der Waals surface area (Å²) >= 11 is 0. The van der Waals surface area contributed by atoms with Crippen LogP contribution in [-0.4, -0.2) is 27.3 Å². The number of nitriles is 1. The summed E-state index contributed by atoms with van der Waals surface area (Å²) in [6.07, 6.45) is 1.47. The van der Waals surface area contributed by atoms with Crippen molar-refractivity contribution in [3.05, 3.63) is 39.7 Å². The molecule has 0 radical (unpaired) electrons. The maximum atomic E-state index is 13.4. The van der Waals surface area contributed by atoms with Gasteiger partial charge in [0.15, 0.2) is 0 Å². The fourth-order valence-corrected chi connectivity index (χ4v) is 2.23. The Morgan fingerprint density at radius 2 is 2.14 bits per heavy atom. The molecule has 0 spiro atoms. The van der Waals surface area contributed by atoms with Crippen LogP contribution in [0.1, 0.15) is 37.0 Å². The molecule has 0 heterocycles. The fourth-order valence-electron chi connectivity index (χ4n) is 2.23. The van der Waals surface area contributed by atoms with Gasteiger partial charge in [-0.1, -0.05) is 0 Å². The van der Waals surface area contributed by atoms with Crippen molar-refractivity contribution < 1.29 is 14.1 Å². The lowest BCUT2D eigenvalue weighted by atomic mass is 10.0. The average molecular weight is 291 g/mol. The van der Waals surface area contributed by atoms with Crippen molar-refractivity contribution in [2.45, 2.75) is 38.3 Å². The summed E-state index contributed by atoms with van der Waals surface area (Å²) in [5, 5.41) is 20.2. The molecule has 1 aromatic carbocycles. The van der Waals surface area contributed by atoms with Gasteiger partial charge in [0.25, 0.3) is 11.6 Å². The fraction of sp³-hybridized carbons (Fsp3) is 0.429. The second kappa shape index (κ2) is 5.13. The van der Waals surface area contributed by atoms with Gasteiger partial charge in [0.1, 0.15) is 16.9 Å². The molecular weight excluding hydrogens is 277 g/mol. The van der Waals surface area contributed by atoms with Crippen molar-refractivity contribution in [2.75, 3.05) is 0 Å². The number of hydrogen-bond acceptors (Lipinski definition) is 4. The number of carbonyl (C=O) groups excluding carboxylic acids is 1. The molecule has 110 valence electrons. The second-order valence-electron chi connectivity index (χ2n) is 5.50. The quantitative estimate of drug-likeness (QED) is 0.630. The van der Waals surface area contributed by atoms with Crippen molar-refractivity contribution in [1.29, 1.82) is 5.26 Å². The maximum Gasteiger partial charge on any atom is 0.282 e. The molecule has 0 aromatic heterocycles. The molecular formula is C14H14FN3O3. The molecule has 0 N–H and O–H groups in total. The highest BCUT2D eigenvalue weighted by Gasteiger charge is 2.43. The number of carbonyl (C=O) groups is 1. The van der Waals surface area contributed by atoms with Crippen LogP contribution in [-0.2, 0) is 0 Å². The lowest BCUT2D eigenvalue weighted by molar-refractivity contribution is -0.385. The number of rotatable bonds is 4. The highest BCUT2D eigenvalue weighted by Crippen LogP contribution is 2.35. The Hall–Kier alpha value is -2.49. The summed E-state index contributed by atoms with van der Waals surface area (Å²) in [5.74, 6) is -1.41. The normalized spacial score (nSPS) is 14.4. The van der Waals surface area contributed by atoms with Gasteiger partial charge in [-0.15, -0.1) is 0 Å². The van der Waals surface area contributed by atoms with Crippen LogP contribution in [0.25, 0.3) is 0 Å². The molecule has 6 nitrogen and oxygen atoms in total. The highest BCUT2D eigenvalue weighted by molar-refractivity contribution is 5.99. The van der Waals surface area contributed by atoms with Crippen LogP contribution in [0.2, 0.25) is 0 Å². The van der Waals surface area contributed by atoms with Gasteiger partial charge in [-0.3, -0.25) is 14.9 Å². The average Bonchev–Trinajstić information content (AvgIpc) is 3.22. The van der Waals surface area contributed by atoms with Gasteiger partial charge >= 0.3 is 0 Å². The number of amides is 1. The van der Waals surface area contributed by atoms with Gasteiger partial charge in [-0.25, -0.2) is 4.39 Å². The third-order valence-corrected chi connectivity index (χ3v) is 3.39. The van der Waals surface area contributed by atoms with E-state index < -0.39 is 27.9 Å². The van der Waals surface area contributed by atoms with Crippen molar-refractivity contribution >= 4 is 11.6 Å². The second-order valence-corrected chi connectivity index (χ2v) is 5.50. The zero-order valence-electron chi connectivity index (χ0n) is 11.7. The summed E-state index contributed by atoms with van der Waals surface area (Å²) < 4.78 is 13.4. The van der Waals surface area contributed by atoms with Crippen LogP contribution in [0.4, 0.5) is 10.1 Å². The Bertz CT molecular complexity index is 647. The molecule has 7 heteroatoms. The first-order valence-corrected chi connectivity index (χ1v) is 6.47. The number of nitrogens with zero attached hydrogens (tertiary/aromatic N) is 3. The van der Waals surface area contributed by atoms with E-state index in [2.05, 4.69) is 0 Å². The topological polar surface area (TPSA) is 87.2 Å². The van der Waals surface area contributed by atoms with E-state index in [9.17, 15) is 24.6 Å². The van der Waals surface area contributed by atoms with E-state index in [4.69, 9.17) is 0 Å². The van der Waals surface area contributed by atoms with Crippen molar-refractivity contribution in [3.8, 4) is 6.07 Å². The largest absolute Gasteiger partial charge is 0.317 e. The minimum absolute atomic E-state index is 0.130. The van der Waals surface area contributed by atoms with E-state index in [1.807, 2.05) is 6.07 Å². The van der Waals surface area contributed by atoms with Crippen molar-refractivity contribution in [2.24, 2.45) is 0 Å². The first-order chi connectivity index (χ1) is 9.77. The molecule has 1 aromatic rings. The zero-order valence-corrected chi connectivity index (χ0v) is 11.7. The lowest BCUT2D eigenvalue weighted by Crippen LogP contribution is -2.48. The molecule has 0 bridgehead atoms. The Balaban J connectivity index is 2.50. The summed E-state index contributed by atoms with van der Waals surface area (Å²) in [6.45, 7) is 3.13. The van der Waals surface area contributed by atoms with E-state index in [0.717, 1.165) is 31.0 Å². The third-order valence-electron chi connectivity index (χ3n) is 3.39. The zero-order chi connectivity index (χ0) is 15.8. The molecule has 1 fully saturated rings. The van der Waals surface area contributed by atoms with Crippen LogP contribution in [0.15, 0.2) is 18.2 Å². The number of nitro groups is 1. The standard InChI is InChI=1S/C14H14FN3O3/c1-14(2,8-16)17(10-4-5-10)13(19)11-7-9(15)3-6-12(11)18(20)21/h3,6-7,10H,4-5H2,1-2H3. The molecule has 0 saturated heterocycles. The van der Waals surface area contributed by atoms with Gasteiger partial charge in [-0.05, 0) is 38.8 Å². The minimum atomic E-state index is -1.11. The van der Waals surface area contributed by atoms with E-state index in [-0.39, 0.29) is 11.6 Å². The summed E-state index contributed by atoms with van der Waals surface area (Å²) in [5.41, 5.74) is -1.89. The molecule has 0 aliphatic heterocycles. The van der Waals surface area contributed by atoms with E-state index in [1.54, 1.807) is 13.8 Å². The van der Waals surface area contributed by atoms with Crippen LogP contribution in [0, 0.1) is 27.3 Å². The van der Waals surface area contributed by atoms with Crippen molar-refractivity contribution in [3.63, 3.8) is 0 Å². The molecule has 0 atom stereocenters. The summed E-state index contributed by atoms with van der Waals surface area (Å²) in [7, 11) is 0. The highest BCUT2D eigenvalue weighted by atomic mass is 19.1. The van der Waals surface area contributed by atoms with E-state index >= 15 is 0 Å². The molecule has 21 heavy (non-hydrogen) atoms. The Morgan fingerprint density at radius 1 is 1.52 bits per heavy atom. The molecule has 1 amide bonds. The van der Waals surface area contributed by atoms with Crippen molar-refractivity contribution in [1.82, 2.24) is 4.90 Å². The van der Waals surface area contributed by atoms with Gasteiger partial charge in [0.2, 0.25) is 0 Å². The smallest absolute Gasteiger partial charge is 0.282 e. The Kier molecular flexibility index (Phi) is 3.64. The predicted molar refractivity (Wildman–Crippen MR) is 71.9 cm³/mol. The Labute approximate surface area is 120 Å². The monoisotopic (exact) mass is 291 g/mol. The van der Waals surface area contributed by atoms with Crippen LogP contribution >= 0.6 is 0 Å². The first-order valence-electron chi connectivity index (χ1n) is 6.47. The molecule has 1 aliphatic carbocycles. The molecule has 1 saturated carbocycles. The summed E-state index contributed by atoms with van der Waals surface area (Å²) in [4.78, 5) is 24.2. The number of hydrogen-bond donors (Lipinski definition) is 0. The van der Waals surface area contributed by atoms with Gasteiger partial charge < -0.3 is 4.90 Å². The third kappa shape index (κ3) is 2.84. The van der Waals surface area contributed by atoms with Gasteiger partial charge in [-0.2, -0.15) is 5.26 Å². The SMILES string of the molecule is CC(C)(C#N)N(C(=O)c1cc(F)ccc1[N+](=O)[O-])C1CC1. The molecule has 1 aliphatic rings. The minimum Gasteiger partial charge on any atom is -0.317 e. The van der Waals surface area contributed by atoms with Crippen LogP contribution in [0.3, 0.4) is 0 Å². The maximum absolute atomic E-state index is 13.4. The summed E-state index contributed by atoms with van der Waals surface area (Å²) in [6, 6.07) is 4.64. The number of benzene rings is 1. The molecule has 2 rings (SSSR count). The lowest BCUT2D eigenvalue weighted by Gasteiger charge is -2.33. The predicted octanol–water partition coefficient (Wildman–Crippen LogP) is 2.64.